The maximum atomic E-state index is 13.3. The Balaban J connectivity index is 1.80. The fraction of sp³-hybridized carbons (Fsp3) is 0.280. The Kier molecular flexibility index (Phi) is 4.81. The van der Waals surface area contributed by atoms with E-state index in [1.54, 1.807) is 27.1 Å². The monoisotopic (exact) mass is 442 g/mol. The number of fused-ring (bicyclic) bond motifs is 3. The van der Waals surface area contributed by atoms with Gasteiger partial charge in [0, 0.05) is 37.4 Å². The fourth-order valence-corrected chi connectivity index (χ4v) is 4.25. The lowest BCUT2D eigenvalue weighted by molar-refractivity contribution is 0.240. The smallest absolute Gasteiger partial charge is 0.333 e. The number of ether oxygens (including phenoxy) is 1. The van der Waals surface area contributed by atoms with Crippen LogP contribution in [0.5, 0.6) is 5.75 Å². The standard InChI is InChI=1S/C25H26N6O2/c1-14(2)33-23-10-18(11-26-16(23)4)17-7-8-20-19(9-17)24-21(12-27-20)30(6)25(32)31(24)22-13-29(5)28-15(22)3/h7-14H,1-6H3. The first kappa shape index (κ1) is 20.9. The molecule has 33 heavy (non-hydrogen) atoms. The average Bonchev–Trinajstić information content (AvgIpc) is 3.24. The number of hydrogen-bond acceptors (Lipinski definition) is 5. The number of nitrogens with zero attached hydrogens (tertiary/aromatic N) is 6. The number of aromatic nitrogens is 6. The highest BCUT2D eigenvalue weighted by molar-refractivity contribution is 6.04. The van der Waals surface area contributed by atoms with Crippen LogP contribution in [0.25, 0.3) is 38.8 Å². The molecular weight excluding hydrogens is 416 g/mol. The van der Waals surface area contributed by atoms with Gasteiger partial charge in [-0.1, -0.05) is 6.07 Å². The second kappa shape index (κ2) is 7.58. The van der Waals surface area contributed by atoms with Gasteiger partial charge in [0.05, 0.1) is 45.9 Å². The van der Waals surface area contributed by atoms with Gasteiger partial charge in [0.25, 0.3) is 0 Å². The minimum Gasteiger partial charge on any atom is -0.489 e. The van der Waals surface area contributed by atoms with Crippen molar-refractivity contribution in [2.24, 2.45) is 14.1 Å². The summed E-state index contributed by atoms with van der Waals surface area (Å²) in [6, 6.07) is 8.08. The van der Waals surface area contributed by atoms with E-state index in [0.29, 0.717) is 0 Å². The minimum absolute atomic E-state index is 0.0580. The maximum Gasteiger partial charge on any atom is 0.333 e. The SMILES string of the molecule is Cc1ncc(-c2ccc3ncc4c(c3c2)n(-c2cn(C)nc2C)c(=O)n4C)cc1OC(C)C. The summed E-state index contributed by atoms with van der Waals surface area (Å²) in [7, 11) is 3.62. The van der Waals surface area contributed by atoms with Gasteiger partial charge in [-0.05, 0) is 51.5 Å². The normalized spacial score (nSPS) is 11.7. The number of imidazole rings is 1. The zero-order valence-electron chi connectivity index (χ0n) is 19.6. The third-order valence-electron chi connectivity index (χ3n) is 5.85. The number of pyridine rings is 2. The minimum atomic E-state index is -0.134. The van der Waals surface area contributed by atoms with Crippen LogP contribution < -0.4 is 10.4 Å². The first-order chi connectivity index (χ1) is 15.7. The van der Waals surface area contributed by atoms with Crippen molar-refractivity contribution in [1.29, 1.82) is 0 Å². The van der Waals surface area contributed by atoms with Crippen molar-refractivity contribution in [3.8, 4) is 22.6 Å². The van der Waals surface area contributed by atoms with E-state index in [9.17, 15) is 4.79 Å². The zero-order chi connectivity index (χ0) is 23.4. The Morgan fingerprint density at radius 3 is 2.45 bits per heavy atom. The average molecular weight is 443 g/mol. The van der Waals surface area contributed by atoms with Crippen LogP contribution in [0.1, 0.15) is 25.2 Å². The molecule has 168 valence electrons. The van der Waals surface area contributed by atoms with Gasteiger partial charge in [0.15, 0.2) is 0 Å². The van der Waals surface area contributed by atoms with Gasteiger partial charge in [0.1, 0.15) is 5.75 Å². The Bertz CT molecular complexity index is 1590. The summed E-state index contributed by atoms with van der Waals surface area (Å²) in [6.07, 6.45) is 5.53. The molecule has 0 fully saturated rings. The van der Waals surface area contributed by atoms with Crippen LogP contribution in [0.3, 0.4) is 0 Å². The fourth-order valence-electron chi connectivity index (χ4n) is 4.25. The predicted octanol–water partition coefficient (Wildman–Crippen LogP) is 4.08. The number of hydrogen-bond donors (Lipinski definition) is 0. The van der Waals surface area contributed by atoms with Gasteiger partial charge in [0.2, 0.25) is 0 Å². The molecule has 0 atom stereocenters. The Labute approximate surface area is 191 Å². The van der Waals surface area contributed by atoms with Gasteiger partial charge in [-0.2, -0.15) is 5.10 Å². The van der Waals surface area contributed by atoms with Gasteiger partial charge >= 0.3 is 5.69 Å². The van der Waals surface area contributed by atoms with Crippen LogP contribution in [0.2, 0.25) is 0 Å². The summed E-state index contributed by atoms with van der Waals surface area (Å²) in [6.45, 7) is 7.84. The van der Waals surface area contributed by atoms with E-state index in [4.69, 9.17) is 4.74 Å². The van der Waals surface area contributed by atoms with Crippen LogP contribution in [-0.2, 0) is 14.1 Å². The van der Waals surface area contributed by atoms with E-state index in [1.165, 1.54) is 0 Å². The van der Waals surface area contributed by atoms with Crippen molar-refractivity contribution in [3.63, 3.8) is 0 Å². The van der Waals surface area contributed by atoms with E-state index in [-0.39, 0.29) is 11.8 Å². The lowest BCUT2D eigenvalue weighted by Crippen LogP contribution is -2.21. The lowest BCUT2D eigenvalue weighted by Gasteiger charge is -2.13. The Hall–Kier alpha value is -3.94. The maximum absolute atomic E-state index is 13.3. The molecule has 4 heterocycles. The molecule has 0 spiro atoms. The van der Waals surface area contributed by atoms with Crippen molar-refractivity contribution < 1.29 is 4.74 Å². The highest BCUT2D eigenvalue weighted by Crippen LogP contribution is 2.32. The van der Waals surface area contributed by atoms with E-state index in [0.717, 1.165) is 55.9 Å². The molecule has 8 heteroatoms. The number of benzene rings is 1. The van der Waals surface area contributed by atoms with Crippen LogP contribution in [0, 0.1) is 13.8 Å². The molecule has 0 unspecified atom stereocenters. The summed E-state index contributed by atoms with van der Waals surface area (Å²) in [4.78, 5) is 22.4. The number of aryl methyl sites for hydroxylation is 4. The van der Waals surface area contributed by atoms with Crippen molar-refractivity contribution >= 4 is 21.9 Å². The third-order valence-corrected chi connectivity index (χ3v) is 5.85. The molecule has 0 saturated heterocycles. The summed E-state index contributed by atoms with van der Waals surface area (Å²) in [5.41, 5.74) is 6.56. The topological polar surface area (TPSA) is 79.8 Å². The second-order valence-corrected chi connectivity index (χ2v) is 8.65. The number of rotatable bonds is 4. The Morgan fingerprint density at radius 1 is 0.970 bits per heavy atom. The highest BCUT2D eigenvalue weighted by atomic mass is 16.5. The molecule has 0 amide bonds. The van der Waals surface area contributed by atoms with Gasteiger partial charge < -0.3 is 4.74 Å². The van der Waals surface area contributed by atoms with Gasteiger partial charge in [-0.3, -0.25) is 23.8 Å². The molecule has 8 nitrogen and oxygen atoms in total. The third kappa shape index (κ3) is 3.38. The van der Waals surface area contributed by atoms with Crippen LogP contribution in [0.15, 0.2) is 47.7 Å². The zero-order valence-corrected chi connectivity index (χ0v) is 19.6. The second-order valence-electron chi connectivity index (χ2n) is 8.65. The summed E-state index contributed by atoms with van der Waals surface area (Å²) >= 11 is 0. The van der Waals surface area contributed by atoms with E-state index >= 15 is 0 Å². The Morgan fingerprint density at radius 2 is 1.76 bits per heavy atom. The van der Waals surface area contributed by atoms with Crippen molar-refractivity contribution in [1.82, 2.24) is 28.9 Å². The quantitative estimate of drug-likeness (QED) is 0.419. The van der Waals surface area contributed by atoms with Gasteiger partial charge in [-0.25, -0.2) is 4.79 Å². The molecule has 0 saturated carbocycles. The van der Waals surface area contributed by atoms with Crippen LogP contribution in [-0.4, -0.2) is 35.0 Å². The molecule has 0 bridgehead atoms. The molecule has 0 aliphatic carbocycles. The summed E-state index contributed by atoms with van der Waals surface area (Å²) < 4.78 is 11.0. The molecule has 5 rings (SSSR count). The summed E-state index contributed by atoms with van der Waals surface area (Å²) in [5.74, 6) is 0.765. The van der Waals surface area contributed by atoms with Crippen LogP contribution in [0.4, 0.5) is 0 Å². The van der Waals surface area contributed by atoms with Crippen molar-refractivity contribution in [3.05, 3.63) is 64.7 Å². The molecule has 4 aromatic heterocycles. The first-order valence-corrected chi connectivity index (χ1v) is 10.9. The molecule has 0 radical (unpaired) electrons. The molecule has 0 aliphatic rings. The lowest BCUT2D eigenvalue weighted by atomic mass is 10.0. The highest BCUT2D eigenvalue weighted by Gasteiger charge is 2.19. The molecule has 0 aliphatic heterocycles. The van der Waals surface area contributed by atoms with E-state index in [2.05, 4.69) is 21.1 Å². The largest absolute Gasteiger partial charge is 0.489 e. The predicted molar refractivity (Wildman–Crippen MR) is 129 cm³/mol. The first-order valence-electron chi connectivity index (χ1n) is 10.9. The molecule has 0 N–H and O–H groups in total. The van der Waals surface area contributed by atoms with Crippen LogP contribution >= 0.6 is 0 Å². The van der Waals surface area contributed by atoms with E-state index in [1.807, 2.05) is 65.3 Å². The van der Waals surface area contributed by atoms with Gasteiger partial charge in [-0.15, -0.1) is 0 Å². The van der Waals surface area contributed by atoms with E-state index < -0.39 is 0 Å². The van der Waals surface area contributed by atoms with Crippen molar-refractivity contribution in [2.45, 2.75) is 33.8 Å². The van der Waals surface area contributed by atoms with Crippen molar-refractivity contribution in [2.75, 3.05) is 0 Å². The molecule has 1 aromatic carbocycles. The molecule has 5 aromatic rings. The molecular formula is C25H26N6O2. The summed E-state index contributed by atoms with van der Waals surface area (Å²) in [5, 5.41) is 5.33.